The average molecular weight is 275 g/mol. The van der Waals surface area contributed by atoms with Gasteiger partial charge in [0, 0.05) is 10.1 Å². The summed E-state index contributed by atoms with van der Waals surface area (Å²) in [6.07, 6.45) is 0. The lowest BCUT2D eigenvalue weighted by atomic mass is 10.2. The molecule has 1 aromatic carbocycles. The van der Waals surface area contributed by atoms with E-state index in [0.717, 1.165) is 13.1 Å². The molecule has 0 saturated carbocycles. The topological polar surface area (TPSA) is 3.24 Å². The first-order valence-electron chi connectivity index (χ1n) is 4.15. The predicted octanol–water partition coefficient (Wildman–Crippen LogP) is 2.74. The molecular weight excluding hydrogens is 261 g/mol. The van der Waals surface area contributed by atoms with Gasteiger partial charge >= 0.3 is 0 Å². The number of benzene rings is 1. The molecule has 12 heavy (non-hydrogen) atoms. The van der Waals surface area contributed by atoms with E-state index in [2.05, 4.69) is 65.7 Å². The van der Waals surface area contributed by atoms with E-state index in [0.29, 0.717) is 0 Å². The highest BCUT2D eigenvalue weighted by Crippen LogP contribution is 2.08. The summed E-state index contributed by atoms with van der Waals surface area (Å²) in [6, 6.07) is 8.68. The molecule has 0 bridgehead atoms. The molecule has 0 aliphatic rings. The summed E-state index contributed by atoms with van der Waals surface area (Å²) in [7, 11) is 2.14. The number of rotatable bonds is 3. The van der Waals surface area contributed by atoms with E-state index < -0.39 is 0 Å². The zero-order valence-electron chi connectivity index (χ0n) is 7.55. The summed E-state index contributed by atoms with van der Waals surface area (Å²) in [6.45, 7) is 4.33. The molecule has 1 nitrogen and oxygen atoms in total. The van der Waals surface area contributed by atoms with Crippen molar-refractivity contribution in [2.24, 2.45) is 0 Å². The summed E-state index contributed by atoms with van der Waals surface area (Å²) in [5.74, 6) is 0. The van der Waals surface area contributed by atoms with Gasteiger partial charge in [-0.1, -0.05) is 19.1 Å². The summed E-state index contributed by atoms with van der Waals surface area (Å²) < 4.78 is 1.30. The van der Waals surface area contributed by atoms with Gasteiger partial charge in [0.25, 0.3) is 0 Å². The molecule has 0 fully saturated rings. The smallest absolute Gasteiger partial charge is 0.0230 e. The fourth-order valence-electron chi connectivity index (χ4n) is 1.01. The van der Waals surface area contributed by atoms with Crippen molar-refractivity contribution in [3.63, 3.8) is 0 Å². The second-order valence-corrected chi connectivity index (χ2v) is 4.20. The lowest BCUT2D eigenvalue weighted by molar-refractivity contribution is 0.346. The molecule has 0 heterocycles. The third kappa shape index (κ3) is 3.11. The van der Waals surface area contributed by atoms with Crippen molar-refractivity contribution in [3.05, 3.63) is 33.4 Å². The van der Waals surface area contributed by atoms with Crippen molar-refractivity contribution in [2.75, 3.05) is 13.6 Å². The van der Waals surface area contributed by atoms with E-state index >= 15 is 0 Å². The van der Waals surface area contributed by atoms with Crippen LogP contribution in [0.1, 0.15) is 12.5 Å². The zero-order valence-corrected chi connectivity index (χ0v) is 9.71. The SMILES string of the molecule is CCN(C)Cc1ccc(I)cc1. The molecule has 0 aromatic heterocycles. The summed E-state index contributed by atoms with van der Waals surface area (Å²) in [5, 5.41) is 0. The minimum Gasteiger partial charge on any atom is -0.302 e. The van der Waals surface area contributed by atoms with Crippen LogP contribution in [0.4, 0.5) is 0 Å². The normalized spacial score (nSPS) is 10.7. The maximum atomic E-state index is 2.33. The highest BCUT2D eigenvalue weighted by molar-refractivity contribution is 14.1. The highest BCUT2D eigenvalue weighted by atomic mass is 127. The molecule has 2 heteroatoms. The van der Waals surface area contributed by atoms with Gasteiger partial charge in [0.2, 0.25) is 0 Å². The zero-order chi connectivity index (χ0) is 8.97. The third-order valence-electron chi connectivity index (χ3n) is 1.91. The van der Waals surface area contributed by atoms with Crippen LogP contribution < -0.4 is 0 Å². The Hall–Kier alpha value is -0.0900. The van der Waals surface area contributed by atoms with Crippen LogP contribution in [-0.4, -0.2) is 18.5 Å². The molecule has 1 aromatic rings. The molecule has 0 N–H and O–H groups in total. The fourth-order valence-corrected chi connectivity index (χ4v) is 1.37. The quantitative estimate of drug-likeness (QED) is 0.767. The Kier molecular flexibility index (Phi) is 4.01. The van der Waals surface area contributed by atoms with Crippen molar-refractivity contribution in [3.8, 4) is 0 Å². The molecule has 0 spiro atoms. The van der Waals surface area contributed by atoms with Crippen molar-refractivity contribution >= 4 is 22.6 Å². The Morgan fingerprint density at radius 2 is 1.83 bits per heavy atom. The molecule has 0 aliphatic carbocycles. The predicted molar refractivity (Wildman–Crippen MR) is 61.2 cm³/mol. The standard InChI is InChI=1S/C10H14IN/c1-3-12(2)8-9-4-6-10(11)7-5-9/h4-7H,3,8H2,1-2H3. The fraction of sp³-hybridized carbons (Fsp3) is 0.400. The van der Waals surface area contributed by atoms with Gasteiger partial charge < -0.3 is 4.90 Å². The van der Waals surface area contributed by atoms with Crippen LogP contribution in [0.25, 0.3) is 0 Å². The maximum absolute atomic E-state index is 2.33. The van der Waals surface area contributed by atoms with E-state index in [1.807, 2.05) is 0 Å². The monoisotopic (exact) mass is 275 g/mol. The van der Waals surface area contributed by atoms with Crippen molar-refractivity contribution in [1.82, 2.24) is 4.90 Å². The summed E-state index contributed by atoms with van der Waals surface area (Å²) in [4.78, 5) is 2.29. The van der Waals surface area contributed by atoms with Gasteiger partial charge in [-0.25, -0.2) is 0 Å². The first-order valence-corrected chi connectivity index (χ1v) is 5.23. The molecule has 0 radical (unpaired) electrons. The Balaban J connectivity index is 2.58. The summed E-state index contributed by atoms with van der Waals surface area (Å²) in [5.41, 5.74) is 1.39. The number of hydrogen-bond acceptors (Lipinski definition) is 1. The van der Waals surface area contributed by atoms with Gasteiger partial charge in [-0.15, -0.1) is 0 Å². The first kappa shape index (κ1) is 9.99. The number of nitrogens with zero attached hydrogens (tertiary/aromatic N) is 1. The summed E-state index contributed by atoms with van der Waals surface area (Å²) >= 11 is 2.33. The van der Waals surface area contributed by atoms with Gasteiger partial charge in [-0.05, 0) is 53.9 Å². The Morgan fingerprint density at radius 1 is 1.25 bits per heavy atom. The molecule has 0 unspecified atom stereocenters. The van der Waals surface area contributed by atoms with Crippen LogP contribution in [0.2, 0.25) is 0 Å². The minimum atomic E-state index is 1.05. The van der Waals surface area contributed by atoms with Crippen LogP contribution >= 0.6 is 22.6 Å². The van der Waals surface area contributed by atoms with Crippen LogP contribution in [0.5, 0.6) is 0 Å². The van der Waals surface area contributed by atoms with Gasteiger partial charge in [0.1, 0.15) is 0 Å². The number of hydrogen-bond donors (Lipinski definition) is 0. The lowest BCUT2D eigenvalue weighted by Crippen LogP contribution is -2.16. The molecule has 0 aliphatic heterocycles. The van der Waals surface area contributed by atoms with Gasteiger partial charge in [-0.3, -0.25) is 0 Å². The van der Waals surface area contributed by atoms with Gasteiger partial charge in [0.15, 0.2) is 0 Å². The Labute approximate surface area is 87.9 Å². The van der Waals surface area contributed by atoms with Crippen molar-refractivity contribution < 1.29 is 0 Å². The largest absolute Gasteiger partial charge is 0.302 e. The van der Waals surface area contributed by atoms with Gasteiger partial charge in [-0.2, -0.15) is 0 Å². The Morgan fingerprint density at radius 3 is 2.33 bits per heavy atom. The second kappa shape index (κ2) is 4.82. The molecule has 0 amide bonds. The van der Waals surface area contributed by atoms with E-state index in [1.165, 1.54) is 9.13 Å². The molecule has 1 rings (SSSR count). The van der Waals surface area contributed by atoms with Crippen molar-refractivity contribution in [1.29, 1.82) is 0 Å². The first-order chi connectivity index (χ1) is 5.72. The van der Waals surface area contributed by atoms with Crippen LogP contribution in [-0.2, 0) is 6.54 Å². The van der Waals surface area contributed by atoms with Crippen LogP contribution in [0, 0.1) is 3.57 Å². The average Bonchev–Trinajstić information content (AvgIpc) is 2.09. The van der Waals surface area contributed by atoms with Crippen molar-refractivity contribution in [2.45, 2.75) is 13.5 Å². The van der Waals surface area contributed by atoms with E-state index in [9.17, 15) is 0 Å². The Bertz CT molecular complexity index is 230. The molecule has 66 valence electrons. The molecular formula is C10H14IN. The molecule has 0 atom stereocenters. The molecule has 0 saturated heterocycles. The maximum Gasteiger partial charge on any atom is 0.0230 e. The van der Waals surface area contributed by atoms with Gasteiger partial charge in [0.05, 0.1) is 0 Å². The van der Waals surface area contributed by atoms with Crippen LogP contribution in [0.15, 0.2) is 24.3 Å². The number of halogens is 1. The van der Waals surface area contributed by atoms with E-state index in [1.54, 1.807) is 0 Å². The van der Waals surface area contributed by atoms with E-state index in [-0.39, 0.29) is 0 Å². The highest BCUT2D eigenvalue weighted by Gasteiger charge is 1.96. The third-order valence-corrected chi connectivity index (χ3v) is 2.62. The second-order valence-electron chi connectivity index (χ2n) is 2.96. The lowest BCUT2D eigenvalue weighted by Gasteiger charge is -2.13. The minimum absolute atomic E-state index is 1.05. The van der Waals surface area contributed by atoms with Crippen LogP contribution in [0.3, 0.4) is 0 Å². The van der Waals surface area contributed by atoms with E-state index in [4.69, 9.17) is 0 Å².